The molecule has 0 aliphatic rings. The Balaban J connectivity index is 1.66. The summed E-state index contributed by atoms with van der Waals surface area (Å²) < 4.78 is 56.5. The number of anilines is 1. The molecule has 2 aromatic carbocycles. The van der Waals surface area contributed by atoms with Crippen LogP contribution in [-0.4, -0.2) is 52.6 Å². The lowest BCUT2D eigenvalue weighted by Gasteiger charge is -2.21. The second-order valence-corrected chi connectivity index (χ2v) is 11.6. The van der Waals surface area contributed by atoms with Crippen LogP contribution in [0, 0.1) is 11.0 Å². The molecule has 43 heavy (non-hydrogen) atoms. The van der Waals surface area contributed by atoms with E-state index in [1.165, 1.54) is 25.7 Å². The third-order valence-electron chi connectivity index (χ3n) is 7.01. The van der Waals surface area contributed by atoms with E-state index < -0.39 is 27.0 Å². The highest BCUT2D eigenvalue weighted by Gasteiger charge is 2.34. The predicted octanol–water partition coefficient (Wildman–Crippen LogP) is 4.11. The van der Waals surface area contributed by atoms with Crippen LogP contribution in [0.4, 0.5) is 10.3 Å². The molecule has 0 amide bonds. The number of ether oxygens (including phenoxy) is 2. The quantitative estimate of drug-likeness (QED) is 0.183. The number of nitrogens with zero attached hydrogens (tertiary/aromatic N) is 6. The summed E-state index contributed by atoms with van der Waals surface area (Å²) in [5.41, 5.74) is 1.38. The van der Waals surface area contributed by atoms with Crippen LogP contribution >= 0.6 is 0 Å². The summed E-state index contributed by atoms with van der Waals surface area (Å²) in [6.07, 6.45) is 1.95. The number of sulfonamides is 1. The molecular weight excluding hydrogens is 577 g/mol. The van der Waals surface area contributed by atoms with Gasteiger partial charge in [-0.15, -0.1) is 10.2 Å². The SMILES string of the molecule is COc1cccc(OC)c1-n1c(NS(=O)(=O)[C@@H](C)[C@H](C)c2ncc(F)cn2)nnc1-c1cccc(-c2ccccc2)[n+]1[O-]. The maximum absolute atomic E-state index is 13.7. The number of aromatic nitrogens is 6. The lowest BCUT2D eigenvalue weighted by molar-refractivity contribution is -0.582. The van der Waals surface area contributed by atoms with E-state index in [-0.39, 0.29) is 29.0 Å². The Bertz CT molecular complexity index is 1830. The first-order valence-electron chi connectivity index (χ1n) is 13.1. The fourth-order valence-electron chi connectivity index (χ4n) is 4.52. The molecule has 0 bridgehead atoms. The normalized spacial score (nSPS) is 12.9. The van der Waals surface area contributed by atoms with Gasteiger partial charge in [-0.2, -0.15) is 4.73 Å². The minimum Gasteiger partial charge on any atom is -0.618 e. The zero-order valence-corrected chi connectivity index (χ0v) is 24.5. The van der Waals surface area contributed by atoms with Gasteiger partial charge in [0.1, 0.15) is 23.0 Å². The van der Waals surface area contributed by atoms with Gasteiger partial charge in [0.15, 0.2) is 5.82 Å². The molecule has 0 fully saturated rings. The topological polar surface area (TPSA) is 148 Å². The Hall–Kier alpha value is -5.11. The average molecular weight is 606 g/mol. The van der Waals surface area contributed by atoms with E-state index in [0.717, 1.165) is 12.4 Å². The lowest BCUT2D eigenvalue weighted by atomic mass is 10.1. The highest BCUT2D eigenvalue weighted by molar-refractivity contribution is 7.93. The fourth-order valence-corrected chi connectivity index (χ4v) is 5.75. The number of nitrogens with one attached hydrogen (secondary N) is 1. The largest absolute Gasteiger partial charge is 0.618 e. The minimum atomic E-state index is -4.18. The van der Waals surface area contributed by atoms with Crippen molar-refractivity contribution in [1.82, 2.24) is 24.7 Å². The van der Waals surface area contributed by atoms with Crippen LogP contribution < -0.4 is 18.9 Å². The summed E-state index contributed by atoms with van der Waals surface area (Å²) in [5, 5.41) is 21.0. The summed E-state index contributed by atoms with van der Waals surface area (Å²) in [6, 6.07) is 19.0. The number of hydrogen-bond acceptors (Lipinski definition) is 9. The van der Waals surface area contributed by atoms with Crippen LogP contribution in [0.3, 0.4) is 0 Å². The van der Waals surface area contributed by atoms with Crippen molar-refractivity contribution in [3.63, 3.8) is 0 Å². The highest BCUT2D eigenvalue weighted by Crippen LogP contribution is 2.38. The number of hydrogen-bond donors (Lipinski definition) is 1. The van der Waals surface area contributed by atoms with Crippen LogP contribution in [0.1, 0.15) is 25.6 Å². The van der Waals surface area contributed by atoms with Gasteiger partial charge in [-0.1, -0.05) is 31.2 Å². The minimum absolute atomic E-state index is 0.0239. The van der Waals surface area contributed by atoms with Crippen LogP contribution in [0.15, 0.2) is 79.1 Å². The number of para-hydroxylation sites is 1. The Kier molecular flexibility index (Phi) is 8.21. The Morgan fingerprint density at radius 1 is 0.884 bits per heavy atom. The first-order chi connectivity index (χ1) is 20.7. The van der Waals surface area contributed by atoms with Crippen molar-refractivity contribution in [2.75, 3.05) is 18.9 Å². The van der Waals surface area contributed by atoms with Gasteiger partial charge in [0.25, 0.3) is 5.69 Å². The van der Waals surface area contributed by atoms with Gasteiger partial charge in [0.2, 0.25) is 27.5 Å². The van der Waals surface area contributed by atoms with Gasteiger partial charge in [-0.3, -0.25) is 4.72 Å². The van der Waals surface area contributed by atoms with Crippen molar-refractivity contribution in [3.05, 3.63) is 96.0 Å². The maximum Gasteiger partial charge on any atom is 0.262 e. The molecule has 12 nitrogen and oxygen atoms in total. The molecule has 0 spiro atoms. The third-order valence-corrected chi connectivity index (χ3v) is 8.86. The van der Waals surface area contributed by atoms with Gasteiger partial charge in [0.05, 0.1) is 31.9 Å². The summed E-state index contributed by atoms with van der Waals surface area (Å²) in [6.45, 7) is 3.09. The van der Waals surface area contributed by atoms with Crippen LogP contribution in [0.25, 0.3) is 28.5 Å². The van der Waals surface area contributed by atoms with Crippen molar-refractivity contribution in [2.24, 2.45) is 0 Å². The molecule has 0 saturated heterocycles. The van der Waals surface area contributed by atoms with Crippen molar-refractivity contribution in [2.45, 2.75) is 25.0 Å². The van der Waals surface area contributed by atoms with Gasteiger partial charge in [-0.05, 0) is 37.3 Å². The Morgan fingerprint density at radius 3 is 2.12 bits per heavy atom. The van der Waals surface area contributed by atoms with E-state index in [0.29, 0.717) is 27.5 Å². The van der Waals surface area contributed by atoms with E-state index >= 15 is 0 Å². The fraction of sp³-hybridized carbons (Fsp3) is 0.207. The van der Waals surface area contributed by atoms with Crippen LogP contribution in [-0.2, 0) is 10.0 Å². The van der Waals surface area contributed by atoms with Crippen molar-refractivity contribution in [1.29, 1.82) is 0 Å². The Labute approximate surface area is 247 Å². The van der Waals surface area contributed by atoms with Gasteiger partial charge in [0, 0.05) is 23.6 Å². The van der Waals surface area contributed by atoms with Crippen molar-refractivity contribution < 1.29 is 27.0 Å². The number of methoxy groups -OCH3 is 2. The molecule has 2 atom stereocenters. The van der Waals surface area contributed by atoms with Crippen LogP contribution in [0.5, 0.6) is 11.5 Å². The van der Waals surface area contributed by atoms with Crippen molar-refractivity contribution >= 4 is 16.0 Å². The van der Waals surface area contributed by atoms with Gasteiger partial charge < -0.3 is 14.7 Å². The number of benzene rings is 2. The molecule has 3 aromatic heterocycles. The average Bonchev–Trinajstić information content (AvgIpc) is 3.42. The molecule has 0 aliphatic carbocycles. The molecular formula is C29H28FN7O5S. The molecule has 1 N–H and O–H groups in total. The van der Waals surface area contributed by atoms with E-state index in [4.69, 9.17) is 9.47 Å². The first-order valence-corrected chi connectivity index (χ1v) is 14.6. The molecule has 0 saturated carbocycles. The molecule has 3 heterocycles. The van der Waals surface area contributed by atoms with Gasteiger partial charge in [-0.25, -0.2) is 27.3 Å². The smallest absolute Gasteiger partial charge is 0.262 e. The van der Waals surface area contributed by atoms with E-state index in [2.05, 4.69) is 24.9 Å². The molecule has 0 radical (unpaired) electrons. The van der Waals surface area contributed by atoms with E-state index in [1.54, 1.807) is 55.5 Å². The first kappa shape index (κ1) is 29.4. The maximum atomic E-state index is 13.7. The second kappa shape index (κ2) is 12.0. The molecule has 5 rings (SSSR count). The summed E-state index contributed by atoms with van der Waals surface area (Å²) in [7, 11) is -1.29. The monoisotopic (exact) mass is 605 g/mol. The van der Waals surface area contributed by atoms with Crippen LogP contribution in [0.2, 0.25) is 0 Å². The molecule has 14 heteroatoms. The van der Waals surface area contributed by atoms with E-state index in [1.807, 2.05) is 18.2 Å². The Morgan fingerprint density at radius 2 is 1.49 bits per heavy atom. The summed E-state index contributed by atoms with van der Waals surface area (Å²) in [4.78, 5) is 7.87. The number of pyridine rings is 1. The zero-order valence-electron chi connectivity index (χ0n) is 23.7. The highest BCUT2D eigenvalue weighted by atomic mass is 32.2. The van der Waals surface area contributed by atoms with Gasteiger partial charge >= 0.3 is 0 Å². The second-order valence-electron chi connectivity index (χ2n) is 9.55. The summed E-state index contributed by atoms with van der Waals surface area (Å²) in [5.74, 6) is -0.794. The number of halogens is 1. The predicted molar refractivity (Wildman–Crippen MR) is 157 cm³/mol. The standard InChI is InChI=1S/C29H28FN7O5S/c1-18(27-31-16-21(30)17-32-27)19(2)43(39,40)35-29-34-33-28(36(29)26-24(41-3)14-9-15-25(26)42-4)23-13-8-12-22(37(23)38)20-10-6-5-7-11-20/h5-19H,1-4H3,(H,34,35)/t18-,19-/m0/s1. The number of rotatable bonds is 10. The molecule has 0 unspecified atom stereocenters. The lowest BCUT2D eigenvalue weighted by Crippen LogP contribution is -2.33. The zero-order chi connectivity index (χ0) is 30.7. The van der Waals surface area contributed by atoms with E-state index in [9.17, 15) is 18.0 Å². The summed E-state index contributed by atoms with van der Waals surface area (Å²) >= 11 is 0. The third kappa shape index (κ3) is 5.68. The molecule has 5 aromatic rings. The van der Waals surface area contributed by atoms with Crippen molar-refractivity contribution in [3.8, 4) is 40.0 Å². The molecule has 222 valence electrons. The molecule has 0 aliphatic heterocycles.